The van der Waals surface area contributed by atoms with Gasteiger partial charge in [-0.3, -0.25) is 4.79 Å². The molecule has 0 radical (unpaired) electrons. The quantitative estimate of drug-likeness (QED) is 0.400. The summed E-state index contributed by atoms with van der Waals surface area (Å²) in [5, 5.41) is 0. The first-order valence-corrected chi connectivity index (χ1v) is 12.8. The van der Waals surface area contributed by atoms with Crippen molar-refractivity contribution in [1.29, 1.82) is 0 Å². The predicted molar refractivity (Wildman–Crippen MR) is 118 cm³/mol. The molecule has 3 heteroatoms. The molecule has 1 aliphatic rings. The van der Waals surface area contributed by atoms with Crippen molar-refractivity contribution < 1.29 is 9.22 Å². The summed E-state index contributed by atoms with van der Waals surface area (Å²) in [7, 11) is -2.03. The Morgan fingerprint density at radius 2 is 1.44 bits per heavy atom. The molecule has 0 spiro atoms. The lowest BCUT2D eigenvalue weighted by Crippen LogP contribution is -2.53. The van der Waals surface area contributed by atoms with Crippen LogP contribution >= 0.6 is 0 Å². The maximum atomic E-state index is 13.2. The molecule has 0 N–H and O–H groups in total. The van der Waals surface area contributed by atoms with Crippen molar-refractivity contribution in [3.8, 4) is 0 Å². The fourth-order valence-corrected chi connectivity index (χ4v) is 11.0. The number of rotatable bonds is 5. The number of fused-ring (bicyclic) bond motifs is 1. The monoisotopic (exact) mass is 388 g/mol. The average molecular weight is 389 g/mol. The minimum absolute atomic E-state index is 0.0168. The highest BCUT2D eigenvalue weighted by atomic mass is 28.4. The number of hydrogen-bond acceptors (Lipinski definition) is 2. The summed E-state index contributed by atoms with van der Waals surface area (Å²) in [4.78, 5) is 13.2. The largest absolute Gasteiger partial charge is 0.412 e. The summed E-state index contributed by atoms with van der Waals surface area (Å²) in [6.45, 7) is 22.7. The van der Waals surface area contributed by atoms with Gasteiger partial charge in [0.25, 0.3) is 0 Å². The Balaban J connectivity index is 2.48. The van der Waals surface area contributed by atoms with Crippen LogP contribution in [0.1, 0.15) is 88.9 Å². The molecule has 27 heavy (non-hydrogen) atoms. The van der Waals surface area contributed by atoms with Gasteiger partial charge in [-0.05, 0) is 65.1 Å². The summed E-state index contributed by atoms with van der Waals surface area (Å²) < 4.78 is 7.14. The Hall–Kier alpha value is -0.933. The third-order valence-corrected chi connectivity index (χ3v) is 13.1. The highest BCUT2D eigenvalue weighted by molar-refractivity contribution is 6.77. The van der Waals surface area contributed by atoms with E-state index < -0.39 is 8.32 Å². The van der Waals surface area contributed by atoms with E-state index in [-0.39, 0.29) is 17.3 Å². The average Bonchev–Trinajstić information content (AvgIpc) is 2.60. The Kier molecular flexibility index (Phi) is 6.48. The molecule has 0 aromatic heterocycles. The molecular weight excluding hydrogens is 348 g/mol. The van der Waals surface area contributed by atoms with E-state index in [2.05, 4.69) is 81.4 Å². The summed E-state index contributed by atoms with van der Waals surface area (Å²) in [6, 6.07) is 4.33. The van der Waals surface area contributed by atoms with Crippen molar-refractivity contribution in [2.24, 2.45) is 5.41 Å². The van der Waals surface area contributed by atoms with Crippen molar-refractivity contribution >= 4 is 14.1 Å². The van der Waals surface area contributed by atoms with Crippen molar-refractivity contribution in [2.45, 2.75) is 105 Å². The molecular formula is C24H40O2Si. The number of hydrogen-bond donors (Lipinski definition) is 0. The fraction of sp³-hybridized carbons (Fsp3) is 0.708. The van der Waals surface area contributed by atoms with Gasteiger partial charge in [0.05, 0.1) is 6.10 Å². The molecule has 2 nitrogen and oxygen atoms in total. The number of benzene rings is 1. The van der Waals surface area contributed by atoms with Gasteiger partial charge in [0.2, 0.25) is 8.32 Å². The topological polar surface area (TPSA) is 26.3 Å². The maximum Gasteiger partial charge on any atom is 0.200 e. The molecule has 0 saturated heterocycles. The van der Waals surface area contributed by atoms with E-state index in [1.807, 2.05) is 0 Å². The van der Waals surface area contributed by atoms with Crippen LogP contribution < -0.4 is 0 Å². The molecule has 0 heterocycles. The lowest BCUT2D eigenvalue weighted by atomic mass is 9.80. The van der Waals surface area contributed by atoms with Gasteiger partial charge in [0.1, 0.15) is 0 Å². The molecule has 1 unspecified atom stereocenters. The molecule has 152 valence electrons. The highest BCUT2D eigenvalue weighted by Gasteiger charge is 2.49. The van der Waals surface area contributed by atoms with E-state index in [0.717, 1.165) is 12.0 Å². The second-order valence-electron chi connectivity index (χ2n) is 10.3. The zero-order valence-electron chi connectivity index (χ0n) is 19.2. The van der Waals surface area contributed by atoms with E-state index in [4.69, 9.17) is 4.43 Å². The number of ketones is 1. The summed E-state index contributed by atoms with van der Waals surface area (Å²) in [5.41, 5.74) is 6.12. The minimum Gasteiger partial charge on any atom is -0.412 e. The Morgan fingerprint density at radius 3 is 1.93 bits per heavy atom. The first-order valence-electron chi connectivity index (χ1n) is 10.6. The Bertz CT molecular complexity index is 679. The van der Waals surface area contributed by atoms with E-state index in [1.54, 1.807) is 0 Å². The summed E-state index contributed by atoms with van der Waals surface area (Å²) in [6.07, 6.45) is 1.39. The predicted octanol–water partition coefficient (Wildman–Crippen LogP) is 7.02. The molecule has 0 bridgehead atoms. The van der Waals surface area contributed by atoms with Gasteiger partial charge in [0, 0.05) is 12.0 Å². The van der Waals surface area contributed by atoms with Crippen molar-refractivity contribution in [2.75, 3.05) is 0 Å². The number of carbonyl (C=O) groups excluding carboxylic acids is 1. The van der Waals surface area contributed by atoms with E-state index >= 15 is 0 Å². The maximum absolute atomic E-state index is 13.2. The smallest absolute Gasteiger partial charge is 0.200 e. The van der Waals surface area contributed by atoms with Gasteiger partial charge in [-0.2, -0.15) is 0 Å². The van der Waals surface area contributed by atoms with Crippen LogP contribution in [0.5, 0.6) is 0 Å². The summed E-state index contributed by atoms with van der Waals surface area (Å²) >= 11 is 0. The molecule has 0 aliphatic heterocycles. The van der Waals surface area contributed by atoms with Crippen LogP contribution in [-0.2, 0) is 10.8 Å². The van der Waals surface area contributed by atoms with Gasteiger partial charge in [-0.25, -0.2) is 0 Å². The number of aryl methyl sites for hydroxylation is 2. The molecule has 2 rings (SSSR count). The van der Waals surface area contributed by atoms with Crippen LogP contribution in [0.2, 0.25) is 16.6 Å². The third kappa shape index (κ3) is 4.10. The summed E-state index contributed by atoms with van der Waals surface area (Å²) in [5.74, 6) is 0.253. The number of Topliss-reactive ketones (excluding diaryl/α,β-unsaturated/α-hetero) is 1. The SMILES string of the molecule is Cc1cc2c(cc1C)C(=O)CC(O[Si](C(C)C)(C(C)C)C(C)C)C(C)(C)C2. The first kappa shape index (κ1) is 22.4. The standard InChI is InChI=1S/C24H40O2Si/c1-15(2)27(16(3)4,17(5)6)26-23-13-22(25)21-12-19(8)18(7)11-20(21)14-24(23,9)10/h11-12,15-17,23H,13-14H2,1-10H3. The normalized spacial score (nSPS) is 20.3. The van der Waals surface area contributed by atoms with Gasteiger partial charge in [-0.15, -0.1) is 0 Å². The van der Waals surface area contributed by atoms with Crippen LogP contribution in [0, 0.1) is 19.3 Å². The second-order valence-corrected chi connectivity index (χ2v) is 15.7. The minimum atomic E-state index is -2.03. The lowest BCUT2D eigenvalue weighted by molar-refractivity contribution is 0.0484. The van der Waals surface area contributed by atoms with Crippen LogP contribution in [0.4, 0.5) is 0 Å². The third-order valence-electron chi connectivity index (χ3n) is 6.96. The van der Waals surface area contributed by atoms with E-state index in [9.17, 15) is 4.79 Å². The van der Waals surface area contributed by atoms with Crippen molar-refractivity contribution in [3.63, 3.8) is 0 Å². The zero-order valence-corrected chi connectivity index (χ0v) is 20.2. The molecule has 0 fully saturated rings. The fourth-order valence-electron chi connectivity index (χ4n) is 5.30. The number of carbonyl (C=O) groups is 1. The molecule has 1 aromatic rings. The van der Waals surface area contributed by atoms with Gasteiger partial charge >= 0.3 is 0 Å². The molecule has 1 aromatic carbocycles. The van der Waals surface area contributed by atoms with Gasteiger partial charge in [-0.1, -0.05) is 61.5 Å². The zero-order chi connectivity index (χ0) is 20.7. The van der Waals surface area contributed by atoms with Crippen LogP contribution in [0.15, 0.2) is 12.1 Å². The highest BCUT2D eigenvalue weighted by Crippen LogP contribution is 2.47. The molecule has 1 aliphatic carbocycles. The molecule has 1 atom stereocenters. The van der Waals surface area contributed by atoms with Crippen LogP contribution in [-0.4, -0.2) is 20.2 Å². The van der Waals surface area contributed by atoms with E-state index in [0.29, 0.717) is 23.0 Å². The molecule has 0 amide bonds. The lowest BCUT2D eigenvalue weighted by Gasteiger charge is -2.47. The van der Waals surface area contributed by atoms with Gasteiger partial charge in [0.15, 0.2) is 5.78 Å². The second kappa shape index (κ2) is 7.83. The van der Waals surface area contributed by atoms with Gasteiger partial charge < -0.3 is 4.43 Å². The van der Waals surface area contributed by atoms with Crippen molar-refractivity contribution in [1.82, 2.24) is 0 Å². The van der Waals surface area contributed by atoms with Crippen LogP contribution in [0.3, 0.4) is 0 Å². The molecule has 0 saturated carbocycles. The van der Waals surface area contributed by atoms with E-state index in [1.165, 1.54) is 16.7 Å². The van der Waals surface area contributed by atoms with Crippen LogP contribution in [0.25, 0.3) is 0 Å². The Morgan fingerprint density at radius 1 is 0.963 bits per heavy atom. The van der Waals surface area contributed by atoms with Crippen molar-refractivity contribution in [3.05, 3.63) is 34.4 Å². The Labute approximate surface area is 168 Å². The first-order chi connectivity index (χ1) is 12.3.